The van der Waals surface area contributed by atoms with Gasteiger partial charge in [-0.05, 0) is 12.5 Å². The summed E-state index contributed by atoms with van der Waals surface area (Å²) in [5.74, 6) is 0.837. The molecule has 8 nitrogen and oxygen atoms in total. The SMILES string of the molecule is Cc1cnn(Cc2cc(C(=O)N3CC(CS(C)(=N)=O)C3)no2)c1. The van der Waals surface area contributed by atoms with Crippen LogP contribution in [0.5, 0.6) is 0 Å². The van der Waals surface area contributed by atoms with Crippen molar-refractivity contribution in [3.8, 4) is 0 Å². The van der Waals surface area contributed by atoms with Crippen molar-refractivity contribution in [2.45, 2.75) is 13.5 Å². The van der Waals surface area contributed by atoms with Crippen LogP contribution < -0.4 is 0 Å². The van der Waals surface area contributed by atoms with Crippen LogP contribution in [0.3, 0.4) is 0 Å². The van der Waals surface area contributed by atoms with Gasteiger partial charge in [-0.1, -0.05) is 5.16 Å². The van der Waals surface area contributed by atoms with Gasteiger partial charge in [0.2, 0.25) is 0 Å². The largest absolute Gasteiger partial charge is 0.359 e. The van der Waals surface area contributed by atoms with E-state index in [-0.39, 0.29) is 17.5 Å². The average molecular weight is 337 g/mol. The third-order valence-corrected chi connectivity index (χ3v) is 4.76. The first-order valence-corrected chi connectivity index (χ1v) is 9.39. The van der Waals surface area contributed by atoms with Gasteiger partial charge in [-0.2, -0.15) is 5.10 Å². The summed E-state index contributed by atoms with van der Waals surface area (Å²) in [5, 5.41) is 7.98. The van der Waals surface area contributed by atoms with Gasteiger partial charge in [0, 0.05) is 53.0 Å². The Balaban J connectivity index is 1.57. The van der Waals surface area contributed by atoms with Crippen molar-refractivity contribution in [1.82, 2.24) is 19.8 Å². The molecule has 2 aromatic heterocycles. The highest BCUT2D eigenvalue weighted by molar-refractivity contribution is 7.91. The Labute approximate surface area is 134 Å². The number of carbonyl (C=O) groups is 1. The summed E-state index contributed by atoms with van der Waals surface area (Å²) in [6.45, 7) is 3.41. The van der Waals surface area contributed by atoms with E-state index < -0.39 is 9.73 Å². The van der Waals surface area contributed by atoms with Crippen LogP contribution >= 0.6 is 0 Å². The van der Waals surface area contributed by atoms with E-state index in [1.807, 2.05) is 13.1 Å². The molecule has 0 saturated carbocycles. The Morgan fingerprint density at radius 1 is 1.52 bits per heavy atom. The van der Waals surface area contributed by atoms with E-state index in [1.54, 1.807) is 21.8 Å². The number of likely N-dealkylation sites (tertiary alicyclic amines) is 1. The van der Waals surface area contributed by atoms with Gasteiger partial charge in [-0.15, -0.1) is 0 Å². The zero-order valence-corrected chi connectivity index (χ0v) is 13.9. The maximum absolute atomic E-state index is 12.3. The van der Waals surface area contributed by atoms with Crippen LogP contribution in [0.1, 0.15) is 21.8 Å². The molecule has 23 heavy (non-hydrogen) atoms. The number of hydrogen-bond donors (Lipinski definition) is 1. The topological polar surface area (TPSA) is 105 Å². The second-order valence-electron chi connectivity index (χ2n) is 6.14. The maximum Gasteiger partial charge on any atom is 0.276 e. The van der Waals surface area contributed by atoms with Crippen LogP contribution in [0.15, 0.2) is 23.0 Å². The fraction of sp³-hybridized carbons (Fsp3) is 0.500. The maximum atomic E-state index is 12.3. The molecule has 124 valence electrons. The highest BCUT2D eigenvalue weighted by Crippen LogP contribution is 2.20. The molecule has 1 saturated heterocycles. The van der Waals surface area contributed by atoms with Gasteiger partial charge in [0.1, 0.15) is 6.54 Å². The number of amides is 1. The summed E-state index contributed by atoms with van der Waals surface area (Å²) in [6, 6.07) is 1.63. The Bertz CT molecular complexity index is 817. The number of aryl methyl sites for hydroxylation is 1. The molecule has 1 N–H and O–H groups in total. The molecule has 3 heterocycles. The van der Waals surface area contributed by atoms with Gasteiger partial charge in [0.25, 0.3) is 5.91 Å². The molecule has 0 bridgehead atoms. The molecule has 0 radical (unpaired) electrons. The Morgan fingerprint density at radius 2 is 2.26 bits per heavy atom. The molecule has 0 aromatic carbocycles. The number of nitrogens with one attached hydrogen (secondary N) is 1. The summed E-state index contributed by atoms with van der Waals surface area (Å²) < 4.78 is 25.8. The second kappa shape index (κ2) is 5.80. The Morgan fingerprint density at radius 3 is 2.87 bits per heavy atom. The van der Waals surface area contributed by atoms with E-state index in [9.17, 15) is 9.00 Å². The number of rotatable bonds is 5. The van der Waals surface area contributed by atoms with E-state index in [2.05, 4.69) is 10.3 Å². The minimum atomic E-state index is -2.51. The molecule has 9 heteroatoms. The van der Waals surface area contributed by atoms with Crippen molar-refractivity contribution in [2.24, 2.45) is 5.92 Å². The molecule has 1 aliphatic rings. The quantitative estimate of drug-likeness (QED) is 0.875. The molecule has 1 atom stereocenters. The first kappa shape index (κ1) is 15.7. The standard InChI is InChI=1S/C14H19N5O3S/c1-10-4-16-19(5-10)8-12-3-13(17-22-12)14(20)18-6-11(7-18)9-23(2,15)21/h3-5,11,15H,6-9H2,1-2H3. The number of aromatic nitrogens is 3. The summed E-state index contributed by atoms with van der Waals surface area (Å²) in [5.41, 5.74) is 1.32. The fourth-order valence-corrected chi connectivity index (χ4v) is 3.76. The third-order valence-electron chi connectivity index (χ3n) is 3.66. The fourth-order valence-electron chi connectivity index (χ4n) is 2.65. The lowest BCUT2D eigenvalue weighted by atomic mass is 10.0. The van der Waals surface area contributed by atoms with Crippen molar-refractivity contribution in [2.75, 3.05) is 25.1 Å². The highest BCUT2D eigenvalue weighted by atomic mass is 32.2. The molecule has 0 spiro atoms. The molecule has 1 amide bonds. The lowest BCUT2D eigenvalue weighted by Gasteiger charge is -2.38. The van der Waals surface area contributed by atoms with Gasteiger partial charge in [-0.3, -0.25) is 18.5 Å². The molecule has 1 fully saturated rings. The van der Waals surface area contributed by atoms with Gasteiger partial charge in [0.05, 0.1) is 6.20 Å². The first-order valence-electron chi connectivity index (χ1n) is 7.25. The minimum absolute atomic E-state index is 0.132. The monoisotopic (exact) mass is 337 g/mol. The lowest BCUT2D eigenvalue weighted by Crippen LogP contribution is -2.52. The van der Waals surface area contributed by atoms with Crippen molar-refractivity contribution < 1.29 is 13.5 Å². The average Bonchev–Trinajstić information content (AvgIpc) is 3.01. The van der Waals surface area contributed by atoms with Crippen molar-refractivity contribution >= 4 is 15.6 Å². The summed E-state index contributed by atoms with van der Waals surface area (Å²) in [7, 11) is -2.51. The predicted octanol–water partition coefficient (Wildman–Crippen LogP) is 0.976. The molecule has 3 rings (SSSR count). The van der Waals surface area contributed by atoms with Crippen molar-refractivity contribution in [3.63, 3.8) is 0 Å². The van der Waals surface area contributed by atoms with Crippen LogP contribution in [0.25, 0.3) is 0 Å². The van der Waals surface area contributed by atoms with Crippen LogP contribution in [0.4, 0.5) is 0 Å². The van der Waals surface area contributed by atoms with Crippen molar-refractivity contribution in [1.29, 1.82) is 4.78 Å². The molecule has 1 unspecified atom stereocenters. The summed E-state index contributed by atoms with van der Waals surface area (Å²) in [6.07, 6.45) is 5.06. The smallest absolute Gasteiger partial charge is 0.276 e. The Kier molecular flexibility index (Phi) is 3.97. The van der Waals surface area contributed by atoms with Crippen LogP contribution in [-0.4, -0.2) is 55.1 Å². The van der Waals surface area contributed by atoms with Crippen LogP contribution in [0, 0.1) is 17.6 Å². The Hall–Kier alpha value is -2.16. The molecule has 0 aliphatic carbocycles. The minimum Gasteiger partial charge on any atom is -0.359 e. The van der Waals surface area contributed by atoms with Gasteiger partial charge < -0.3 is 9.42 Å². The van der Waals surface area contributed by atoms with Gasteiger partial charge in [-0.25, -0.2) is 0 Å². The van der Waals surface area contributed by atoms with E-state index in [4.69, 9.17) is 9.30 Å². The molecule has 1 aliphatic heterocycles. The highest BCUT2D eigenvalue weighted by Gasteiger charge is 2.33. The zero-order chi connectivity index (χ0) is 16.6. The van der Waals surface area contributed by atoms with E-state index in [0.717, 1.165) is 5.56 Å². The number of hydrogen-bond acceptors (Lipinski definition) is 6. The van der Waals surface area contributed by atoms with Gasteiger partial charge >= 0.3 is 0 Å². The first-order chi connectivity index (χ1) is 10.8. The molecular weight excluding hydrogens is 318 g/mol. The molecule has 2 aromatic rings. The number of nitrogens with zero attached hydrogens (tertiary/aromatic N) is 4. The molecular formula is C14H19N5O3S. The predicted molar refractivity (Wildman–Crippen MR) is 83.6 cm³/mol. The zero-order valence-electron chi connectivity index (χ0n) is 13.1. The van der Waals surface area contributed by atoms with Crippen LogP contribution in [0.2, 0.25) is 0 Å². The third kappa shape index (κ3) is 3.79. The van der Waals surface area contributed by atoms with E-state index in [1.165, 1.54) is 6.26 Å². The summed E-state index contributed by atoms with van der Waals surface area (Å²) >= 11 is 0. The second-order valence-corrected chi connectivity index (χ2v) is 8.48. The van der Waals surface area contributed by atoms with E-state index >= 15 is 0 Å². The van der Waals surface area contributed by atoms with E-state index in [0.29, 0.717) is 31.1 Å². The van der Waals surface area contributed by atoms with Crippen LogP contribution in [-0.2, 0) is 16.3 Å². The normalized spacial score (nSPS) is 17.7. The van der Waals surface area contributed by atoms with Gasteiger partial charge in [0.15, 0.2) is 11.5 Å². The lowest BCUT2D eigenvalue weighted by molar-refractivity contribution is 0.0525. The number of carbonyl (C=O) groups excluding carboxylic acids is 1. The van der Waals surface area contributed by atoms with Crippen molar-refractivity contribution in [3.05, 3.63) is 35.5 Å². The summed E-state index contributed by atoms with van der Waals surface area (Å²) in [4.78, 5) is 13.9.